The molecule has 0 radical (unpaired) electrons. The van der Waals surface area contributed by atoms with E-state index >= 15 is 0 Å². The normalized spacial score (nSPS) is 10.2. The molecule has 0 bridgehead atoms. The molecule has 0 aliphatic carbocycles. The van der Waals surface area contributed by atoms with Crippen molar-refractivity contribution in [2.45, 2.75) is 0 Å². The SMILES string of the molecule is CNC(=O)c1ccc2cc(OC)c(OC)cc2c1. The average molecular weight is 245 g/mol. The first kappa shape index (κ1) is 12.2. The number of carbonyl (C=O) groups is 1. The number of hydrogen-bond acceptors (Lipinski definition) is 3. The Morgan fingerprint density at radius 2 is 1.61 bits per heavy atom. The molecule has 0 aliphatic heterocycles. The first-order valence-electron chi connectivity index (χ1n) is 5.57. The third kappa shape index (κ3) is 2.09. The molecule has 1 amide bonds. The van der Waals surface area contributed by atoms with Gasteiger partial charge in [0.25, 0.3) is 5.91 Å². The number of fused-ring (bicyclic) bond motifs is 1. The van der Waals surface area contributed by atoms with Crippen molar-refractivity contribution < 1.29 is 14.3 Å². The molecule has 0 heterocycles. The third-order valence-electron chi connectivity index (χ3n) is 2.83. The van der Waals surface area contributed by atoms with Crippen LogP contribution in [0.25, 0.3) is 10.8 Å². The van der Waals surface area contributed by atoms with Crippen LogP contribution in [-0.4, -0.2) is 27.2 Å². The summed E-state index contributed by atoms with van der Waals surface area (Å²) in [5.41, 5.74) is 0.622. The van der Waals surface area contributed by atoms with Crippen LogP contribution < -0.4 is 14.8 Å². The summed E-state index contributed by atoms with van der Waals surface area (Å²) in [4.78, 5) is 11.6. The van der Waals surface area contributed by atoms with Crippen molar-refractivity contribution in [2.75, 3.05) is 21.3 Å². The number of nitrogens with one attached hydrogen (secondary N) is 1. The summed E-state index contributed by atoms with van der Waals surface area (Å²) in [7, 11) is 4.80. The van der Waals surface area contributed by atoms with E-state index in [-0.39, 0.29) is 5.91 Å². The van der Waals surface area contributed by atoms with Crippen LogP contribution in [0.15, 0.2) is 30.3 Å². The lowest BCUT2D eigenvalue weighted by molar-refractivity contribution is 0.0963. The van der Waals surface area contributed by atoms with Gasteiger partial charge in [0.15, 0.2) is 11.5 Å². The van der Waals surface area contributed by atoms with E-state index in [9.17, 15) is 4.79 Å². The van der Waals surface area contributed by atoms with Crippen LogP contribution in [0.5, 0.6) is 11.5 Å². The van der Waals surface area contributed by atoms with Crippen molar-refractivity contribution in [1.82, 2.24) is 5.32 Å². The second-order valence-electron chi connectivity index (χ2n) is 3.85. The molecule has 0 unspecified atom stereocenters. The predicted octanol–water partition coefficient (Wildman–Crippen LogP) is 2.22. The smallest absolute Gasteiger partial charge is 0.251 e. The summed E-state index contributed by atoms with van der Waals surface area (Å²) in [5, 5.41) is 4.54. The van der Waals surface area contributed by atoms with Gasteiger partial charge in [0.1, 0.15) is 0 Å². The van der Waals surface area contributed by atoms with Gasteiger partial charge in [0.2, 0.25) is 0 Å². The molecule has 4 nitrogen and oxygen atoms in total. The van der Waals surface area contributed by atoms with Crippen LogP contribution in [0.4, 0.5) is 0 Å². The van der Waals surface area contributed by atoms with Gasteiger partial charge in [0, 0.05) is 12.6 Å². The molecule has 0 aromatic heterocycles. The van der Waals surface area contributed by atoms with Crippen molar-refractivity contribution in [3.05, 3.63) is 35.9 Å². The monoisotopic (exact) mass is 245 g/mol. The minimum absolute atomic E-state index is 0.105. The Balaban J connectivity index is 2.59. The summed E-state index contributed by atoms with van der Waals surface area (Å²) in [5.74, 6) is 1.23. The molecular formula is C14H15NO3. The largest absolute Gasteiger partial charge is 0.493 e. The molecule has 0 aliphatic rings. The number of carbonyl (C=O) groups excluding carboxylic acids is 1. The lowest BCUT2D eigenvalue weighted by Crippen LogP contribution is -2.17. The molecule has 1 N–H and O–H groups in total. The van der Waals surface area contributed by atoms with E-state index < -0.39 is 0 Å². The second-order valence-corrected chi connectivity index (χ2v) is 3.85. The highest BCUT2D eigenvalue weighted by Gasteiger charge is 2.08. The Kier molecular flexibility index (Phi) is 3.37. The van der Waals surface area contributed by atoms with Crippen molar-refractivity contribution in [2.24, 2.45) is 0 Å². The van der Waals surface area contributed by atoms with E-state index in [1.807, 2.05) is 24.3 Å². The maximum Gasteiger partial charge on any atom is 0.251 e. The van der Waals surface area contributed by atoms with E-state index in [4.69, 9.17) is 9.47 Å². The van der Waals surface area contributed by atoms with Crippen LogP contribution in [0, 0.1) is 0 Å². The lowest BCUT2D eigenvalue weighted by atomic mass is 10.1. The summed E-state index contributed by atoms with van der Waals surface area (Å²) < 4.78 is 10.5. The second kappa shape index (κ2) is 4.96. The van der Waals surface area contributed by atoms with E-state index in [0.29, 0.717) is 17.1 Å². The molecule has 0 saturated heterocycles. The van der Waals surface area contributed by atoms with E-state index in [1.54, 1.807) is 27.3 Å². The summed E-state index contributed by atoms with van der Waals surface area (Å²) >= 11 is 0. The van der Waals surface area contributed by atoms with Gasteiger partial charge in [-0.1, -0.05) is 6.07 Å². The zero-order valence-electron chi connectivity index (χ0n) is 10.6. The number of amides is 1. The van der Waals surface area contributed by atoms with E-state index in [2.05, 4.69) is 5.32 Å². The minimum atomic E-state index is -0.105. The lowest BCUT2D eigenvalue weighted by Gasteiger charge is -2.10. The predicted molar refractivity (Wildman–Crippen MR) is 70.4 cm³/mol. The van der Waals surface area contributed by atoms with Crippen molar-refractivity contribution in [3.63, 3.8) is 0 Å². The van der Waals surface area contributed by atoms with Crippen LogP contribution in [0.2, 0.25) is 0 Å². The zero-order valence-corrected chi connectivity index (χ0v) is 10.6. The highest BCUT2D eigenvalue weighted by molar-refractivity contribution is 5.99. The fraction of sp³-hybridized carbons (Fsp3) is 0.214. The average Bonchev–Trinajstić information content (AvgIpc) is 2.44. The highest BCUT2D eigenvalue weighted by Crippen LogP contribution is 2.32. The topological polar surface area (TPSA) is 47.6 Å². The maximum absolute atomic E-state index is 11.6. The Bertz CT molecular complexity index is 593. The molecule has 2 aromatic rings. The van der Waals surface area contributed by atoms with Crippen LogP contribution in [0.1, 0.15) is 10.4 Å². The van der Waals surface area contributed by atoms with Gasteiger partial charge < -0.3 is 14.8 Å². The van der Waals surface area contributed by atoms with Crippen molar-refractivity contribution in [1.29, 1.82) is 0 Å². The molecule has 18 heavy (non-hydrogen) atoms. The van der Waals surface area contributed by atoms with Crippen molar-refractivity contribution in [3.8, 4) is 11.5 Å². The maximum atomic E-state index is 11.6. The highest BCUT2D eigenvalue weighted by atomic mass is 16.5. The molecule has 94 valence electrons. The third-order valence-corrected chi connectivity index (χ3v) is 2.83. The Morgan fingerprint density at radius 1 is 1.00 bits per heavy atom. The molecule has 0 atom stereocenters. The number of rotatable bonds is 3. The molecular weight excluding hydrogens is 230 g/mol. The number of hydrogen-bond donors (Lipinski definition) is 1. The van der Waals surface area contributed by atoms with Gasteiger partial charge in [0.05, 0.1) is 14.2 Å². The van der Waals surface area contributed by atoms with Gasteiger partial charge in [-0.25, -0.2) is 0 Å². The molecule has 0 saturated carbocycles. The summed E-state index contributed by atoms with van der Waals surface area (Å²) in [6, 6.07) is 9.26. The zero-order chi connectivity index (χ0) is 13.1. The van der Waals surface area contributed by atoms with Gasteiger partial charge >= 0.3 is 0 Å². The summed E-state index contributed by atoms with van der Waals surface area (Å²) in [6.45, 7) is 0. The quantitative estimate of drug-likeness (QED) is 0.902. The number of ether oxygens (including phenoxy) is 2. The molecule has 0 spiro atoms. The summed E-state index contributed by atoms with van der Waals surface area (Å²) in [6.07, 6.45) is 0. The van der Waals surface area contributed by atoms with Gasteiger partial charge in [-0.05, 0) is 35.0 Å². The Hall–Kier alpha value is -2.23. The van der Waals surface area contributed by atoms with Crippen LogP contribution in [-0.2, 0) is 0 Å². The Labute approximate surface area is 106 Å². The van der Waals surface area contributed by atoms with Gasteiger partial charge in [-0.3, -0.25) is 4.79 Å². The Morgan fingerprint density at radius 3 is 2.17 bits per heavy atom. The van der Waals surface area contributed by atoms with Gasteiger partial charge in [-0.15, -0.1) is 0 Å². The minimum Gasteiger partial charge on any atom is -0.493 e. The van der Waals surface area contributed by atoms with E-state index in [0.717, 1.165) is 10.8 Å². The van der Waals surface area contributed by atoms with Crippen molar-refractivity contribution >= 4 is 16.7 Å². The van der Waals surface area contributed by atoms with E-state index in [1.165, 1.54) is 0 Å². The molecule has 4 heteroatoms. The molecule has 2 rings (SSSR count). The van der Waals surface area contributed by atoms with Crippen LogP contribution in [0.3, 0.4) is 0 Å². The molecule has 0 fully saturated rings. The molecule has 2 aromatic carbocycles. The fourth-order valence-corrected chi connectivity index (χ4v) is 1.86. The number of benzene rings is 2. The van der Waals surface area contributed by atoms with Crippen LogP contribution >= 0.6 is 0 Å². The van der Waals surface area contributed by atoms with Gasteiger partial charge in [-0.2, -0.15) is 0 Å². The standard InChI is InChI=1S/C14H15NO3/c1-15-14(16)10-5-4-9-7-12(17-2)13(18-3)8-11(9)6-10/h4-8H,1-3H3,(H,15,16). The fourth-order valence-electron chi connectivity index (χ4n) is 1.86. The first-order valence-corrected chi connectivity index (χ1v) is 5.57. The number of methoxy groups -OCH3 is 2. The first-order chi connectivity index (χ1) is 8.69.